The van der Waals surface area contributed by atoms with Crippen molar-refractivity contribution in [3.63, 3.8) is 0 Å². The predicted octanol–water partition coefficient (Wildman–Crippen LogP) is 3.12. The third-order valence-corrected chi connectivity index (χ3v) is 4.85. The minimum atomic E-state index is -0.406. The van der Waals surface area contributed by atoms with E-state index in [2.05, 4.69) is 0 Å². The molecule has 0 bridgehead atoms. The molecule has 0 saturated heterocycles. The summed E-state index contributed by atoms with van der Waals surface area (Å²) in [7, 11) is 1.33. The van der Waals surface area contributed by atoms with E-state index in [-0.39, 0.29) is 24.9 Å². The van der Waals surface area contributed by atoms with Gasteiger partial charge in [-0.25, -0.2) is 0 Å². The maximum absolute atomic E-state index is 12.7. The molecule has 1 aromatic heterocycles. The van der Waals surface area contributed by atoms with E-state index in [1.165, 1.54) is 12.0 Å². The van der Waals surface area contributed by atoms with E-state index < -0.39 is 5.97 Å². The summed E-state index contributed by atoms with van der Waals surface area (Å²) in [6.07, 6.45) is 0. The van der Waals surface area contributed by atoms with Gasteiger partial charge in [0.05, 0.1) is 24.8 Å². The number of fused-ring (bicyclic) bond motifs is 1. The van der Waals surface area contributed by atoms with Gasteiger partial charge in [-0.05, 0) is 29.8 Å². The Morgan fingerprint density at radius 1 is 0.857 bits per heavy atom. The van der Waals surface area contributed by atoms with Crippen LogP contribution in [0.15, 0.2) is 66.7 Å². The summed E-state index contributed by atoms with van der Waals surface area (Å²) in [5, 5.41) is 0. The number of hydrogen-bond donors (Lipinski definition) is 0. The van der Waals surface area contributed by atoms with Gasteiger partial charge in [0.2, 0.25) is 0 Å². The number of rotatable bonds is 5. The highest BCUT2D eigenvalue weighted by Gasteiger charge is 2.35. The highest BCUT2D eigenvalue weighted by Crippen LogP contribution is 2.27. The maximum atomic E-state index is 12.7. The van der Waals surface area contributed by atoms with Crippen molar-refractivity contribution >= 4 is 17.8 Å². The van der Waals surface area contributed by atoms with Gasteiger partial charge in [0, 0.05) is 11.4 Å². The van der Waals surface area contributed by atoms with E-state index >= 15 is 0 Å². The lowest BCUT2D eigenvalue weighted by Crippen LogP contribution is -2.30. The molecule has 2 heterocycles. The van der Waals surface area contributed by atoms with Gasteiger partial charge >= 0.3 is 5.97 Å². The number of imide groups is 1. The molecule has 2 aromatic carbocycles. The molecular formula is C22H18N2O4. The average Bonchev–Trinajstić information content (AvgIpc) is 3.23. The molecule has 1 aliphatic rings. The van der Waals surface area contributed by atoms with Gasteiger partial charge in [0.15, 0.2) is 0 Å². The van der Waals surface area contributed by atoms with Crippen LogP contribution in [-0.4, -0.2) is 34.4 Å². The summed E-state index contributed by atoms with van der Waals surface area (Å²) in [4.78, 5) is 38.5. The van der Waals surface area contributed by atoms with E-state index in [1.807, 2.05) is 42.5 Å². The van der Waals surface area contributed by atoms with Crippen molar-refractivity contribution in [2.24, 2.45) is 0 Å². The Morgan fingerprint density at radius 2 is 1.46 bits per heavy atom. The van der Waals surface area contributed by atoms with Crippen LogP contribution in [0.3, 0.4) is 0 Å². The predicted molar refractivity (Wildman–Crippen MR) is 103 cm³/mol. The number of amides is 2. The number of nitrogens with zero attached hydrogens (tertiary/aromatic N) is 2. The molecule has 0 radical (unpaired) electrons. The Kier molecular flexibility index (Phi) is 4.53. The smallest absolute Gasteiger partial charge is 0.325 e. The molecule has 140 valence electrons. The van der Waals surface area contributed by atoms with Gasteiger partial charge in [0.25, 0.3) is 11.8 Å². The van der Waals surface area contributed by atoms with Crippen LogP contribution in [-0.2, 0) is 22.6 Å². The van der Waals surface area contributed by atoms with Crippen molar-refractivity contribution in [2.75, 3.05) is 7.11 Å². The quantitative estimate of drug-likeness (QED) is 0.508. The van der Waals surface area contributed by atoms with E-state index in [9.17, 15) is 14.4 Å². The van der Waals surface area contributed by atoms with Gasteiger partial charge in [0.1, 0.15) is 6.54 Å². The van der Waals surface area contributed by atoms with E-state index in [0.29, 0.717) is 16.8 Å². The summed E-state index contributed by atoms with van der Waals surface area (Å²) in [6, 6.07) is 20.1. The lowest BCUT2D eigenvalue weighted by molar-refractivity contribution is -0.141. The zero-order valence-electron chi connectivity index (χ0n) is 15.3. The standard InChI is InChI=1S/C22H18N2O4/c1-28-20(25)14-23-16(11-12-19(23)15-7-3-2-4-8-15)13-24-21(26)17-9-5-6-10-18(17)22(24)27/h2-12H,13-14H2,1H3. The summed E-state index contributed by atoms with van der Waals surface area (Å²) in [6.45, 7) is 0.0718. The Bertz CT molecular complexity index is 1030. The van der Waals surface area contributed by atoms with E-state index in [0.717, 1.165) is 11.3 Å². The number of methoxy groups -OCH3 is 1. The fourth-order valence-electron chi connectivity index (χ4n) is 3.43. The average molecular weight is 374 g/mol. The fraction of sp³-hybridized carbons (Fsp3) is 0.136. The molecule has 28 heavy (non-hydrogen) atoms. The second-order valence-corrected chi connectivity index (χ2v) is 6.48. The number of hydrogen-bond acceptors (Lipinski definition) is 4. The first-order valence-electron chi connectivity index (χ1n) is 8.86. The van der Waals surface area contributed by atoms with Gasteiger partial charge in [-0.1, -0.05) is 42.5 Å². The normalized spacial score (nSPS) is 13.0. The van der Waals surface area contributed by atoms with Crippen molar-refractivity contribution < 1.29 is 19.1 Å². The van der Waals surface area contributed by atoms with Crippen LogP contribution in [0.2, 0.25) is 0 Å². The lowest BCUT2D eigenvalue weighted by Gasteiger charge is -2.17. The van der Waals surface area contributed by atoms with Crippen LogP contribution < -0.4 is 0 Å². The van der Waals surface area contributed by atoms with Crippen molar-refractivity contribution in [1.29, 1.82) is 0 Å². The number of ether oxygens (including phenoxy) is 1. The third-order valence-electron chi connectivity index (χ3n) is 4.85. The van der Waals surface area contributed by atoms with Crippen molar-refractivity contribution in [2.45, 2.75) is 13.1 Å². The van der Waals surface area contributed by atoms with Gasteiger partial charge in [-0.15, -0.1) is 0 Å². The molecule has 0 atom stereocenters. The van der Waals surface area contributed by atoms with Gasteiger partial charge in [-0.3, -0.25) is 19.3 Å². The molecule has 2 amide bonds. The Morgan fingerprint density at radius 3 is 2.07 bits per heavy atom. The second-order valence-electron chi connectivity index (χ2n) is 6.48. The number of carbonyl (C=O) groups excluding carboxylic acids is 3. The Labute approximate surface area is 162 Å². The number of carbonyl (C=O) groups is 3. The molecule has 0 saturated carbocycles. The number of aromatic nitrogens is 1. The molecule has 3 aromatic rings. The monoisotopic (exact) mass is 374 g/mol. The molecular weight excluding hydrogens is 356 g/mol. The first-order valence-corrected chi connectivity index (χ1v) is 8.86. The highest BCUT2D eigenvalue weighted by molar-refractivity contribution is 6.21. The molecule has 0 N–H and O–H groups in total. The topological polar surface area (TPSA) is 68.6 Å². The summed E-state index contributed by atoms with van der Waals surface area (Å²) in [5.74, 6) is -1.06. The number of benzene rings is 2. The second kappa shape index (κ2) is 7.15. The molecule has 0 fully saturated rings. The molecule has 6 heteroatoms. The van der Waals surface area contributed by atoms with Crippen molar-refractivity contribution in [1.82, 2.24) is 9.47 Å². The summed E-state index contributed by atoms with van der Waals surface area (Å²) < 4.78 is 6.61. The molecule has 0 aliphatic carbocycles. The van der Waals surface area contributed by atoms with E-state index in [4.69, 9.17) is 4.74 Å². The molecule has 0 spiro atoms. The van der Waals surface area contributed by atoms with E-state index in [1.54, 1.807) is 28.8 Å². The maximum Gasteiger partial charge on any atom is 0.325 e. The highest BCUT2D eigenvalue weighted by atomic mass is 16.5. The van der Waals surface area contributed by atoms with Crippen LogP contribution >= 0.6 is 0 Å². The molecule has 4 rings (SSSR count). The van der Waals surface area contributed by atoms with Crippen molar-refractivity contribution in [3.05, 3.63) is 83.6 Å². The molecule has 6 nitrogen and oxygen atoms in total. The van der Waals surface area contributed by atoms with Crippen LogP contribution in [0.4, 0.5) is 0 Å². The van der Waals surface area contributed by atoms with Crippen LogP contribution in [0.25, 0.3) is 11.3 Å². The Balaban J connectivity index is 1.71. The summed E-state index contributed by atoms with van der Waals surface area (Å²) in [5.41, 5.74) is 3.24. The zero-order valence-corrected chi connectivity index (χ0v) is 15.3. The summed E-state index contributed by atoms with van der Waals surface area (Å²) >= 11 is 0. The SMILES string of the molecule is COC(=O)Cn1c(CN2C(=O)c3ccccc3C2=O)ccc1-c1ccccc1. The first-order chi connectivity index (χ1) is 13.6. The lowest BCUT2D eigenvalue weighted by atomic mass is 10.1. The largest absolute Gasteiger partial charge is 0.468 e. The number of esters is 1. The van der Waals surface area contributed by atoms with Gasteiger partial charge < -0.3 is 9.30 Å². The third kappa shape index (κ3) is 2.99. The Hall–Kier alpha value is -3.67. The first kappa shape index (κ1) is 17.7. The van der Waals surface area contributed by atoms with Crippen LogP contribution in [0, 0.1) is 0 Å². The van der Waals surface area contributed by atoms with Crippen LogP contribution in [0.1, 0.15) is 26.4 Å². The minimum Gasteiger partial charge on any atom is -0.468 e. The van der Waals surface area contributed by atoms with Crippen molar-refractivity contribution in [3.8, 4) is 11.3 Å². The minimum absolute atomic E-state index is 0.00771. The molecule has 0 unspecified atom stereocenters. The molecule has 1 aliphatic heterocycles. The van der Waals surface area contributed by atoms with Crippen LogP contribution in [0.5, 0.6) is 0 Å². The fourth-order valence-corrected chi connectivity index (χ4v) is 3.43. The van der Waals surface area contributed by atoms with Gasteiger partial charge in [-0.2, -0.15) is 0 Å². The zero-order chi connectivity index (χ0) is 19.7.